The Bertz CT molecular complexity index is 1090. The van der Waals surface area contributed by atoms with Crippen LogP contribution in [-0.2, 0) is 9.53 Å². The third-order valence-corrected chi connectivity index (χ3v) is 5.60. The van der Waals surface area contributed by atoms with E-state index in [1.807, 2.05) is 11.0 Å². The minimum atomic E-state index is -0.371. The summed E-state index contributed by atoms with van der Waals surface area (Å²) in [5.41, 5.74) is 4.64. The zero-order chi connectivity index (χ0) is 21.1. The van der Waals surface area contributed by atoms with Crippen LogP contribution in [-0.4, -0.2) is 46.9 Å². The van der Waals surface area contributed by atoms with Crippen LogP contribution in [0.1, 0.15) is 46.1 Å². The summed E-state index contributed by atoms with van der Waals surface area (Å²) in [6.45, 7) is 3.50. The Morgan fingerprint density at radius 3 is 2.57 bits per heavy atom. The quantitative estimate of drug-likeness (QED) is 0.526. The zero-order valence-corrected chi connectivity index (χ0v) is 17.2. The molecule has 2 heterocycles. The summed E-state index contributed by atoms with van der Waals surface area (Å²) in [6, 6.07) is 13.2. The third kappa shape index (κ3) is 4.27. The molecule has 0 aliphatic carbocycles. The Hall–Kier alpha value is -3.41. The van der Waals surface area contributed by atoms with Gasteiger partial charge in [0.1, 0.15) is 5.82 Å². The SMILES string of the molecule is COC(=O)c1ccc(/C=C/C(=O)N2CCC(c3nc4ccc(C)cc4[nH]3)CC2)cc1. The van der Waals surface area contributed by atoms with Gasteiger partial charge in [0.2, 0.25) is 5.91 Å². The lowest BCUT2D eigenvalue weighted by molar-refractivity contribution is -0.127. The van der Waals surface area contributed by atoms with Crippen molar-refractivity contribution in [2.75, 3.05) is 20.2 Å². The van der Waals surface area contributed by atoms with Crippen molar-refractivity contribution >= 4 is 29.0 Å². The third-order valence-electron chi connectivity index (χ3n) is 5.60. The first-order valence-corrected chi connectivity index (χ1v) is 10.1. The number of likely N-dealkylation sites (tertiary alicyclic amines) is 1. The van der Waals surface area contributed by atoms with Gasteiger partial charge in [-0.05, 0) is 61.2 Å². The average Bonchev–Trinajstić information content (AvgIpc) is 3.20. The molecule has 1 N–H and O–H groups in total. The number of hydrogen-bond acceptors (Lipinski definition) is 4. The summed E-state index contributed by atoms with van der Waals surface area (Å²) in [5, 5.41) is 0. The van der Waals surface area contributed by atoms with Crippen LogP contribution in [0, 0.1) is 6.92 Å². The van der Waals surface area contributed by atoms with E-state index in [1.54, 1.807) is 36.4 Å². The minimum absolute atomic E-state index is 0.00530. The van der Waals surface area contributed by atoms with Gasteiger partial charge in [0.15, 0.2) is 0 Å². The average molecular weight is 403 g/mol. The molecular formula is C24H25N3O3. The summed E-state index contributed by atoms with van der Waals surface area (Å²) in [7, 11) is 1.35. The number of methoxy groups -OCH3 is 1. The molecule has 6 heteroatoms. The van der Waals surface area contributed by atoms with E-state index >= 15 is 0 Å². The minimum Gasteiger partial charge on any atom is -0.465 e. The van der Waals surface area contributed by atoms with E-state index < -0.39 is 0 Å². The highest BCUT2D eigenvalue weighted by molar-refractivity contribution is 5.92. The van der Waals surface area contributed by atoms with Gasteiger partial charge in [0.05, 0.1) is 23.7 Å². The van der Waals surface area contributed by atoms with E-state index in [0.717, 1.165) is 35.3 Å². The second-order valence-corrected chi connectivity index (χ2v) is 7.69. The van der Waals surface area contributed by atoms with Gasteiger partial charge >= 0.3 is 5.97 Å². The van der Waals surface area contributed by atoms with E-state index in [-0.39, 0.29) is 11.9 Å². The number of piperidine rings is 1. The highest BCUT2D eigenvalue weighted by Crippen LogP contribution is 2.28. The van der Waals surface area contributed by atoms with Crippen LogP contribution in [0.4, 0.5) is 0 Å². The van der Waals surface area contributed by atoms with Gasteiger partial charge < -0.3 is 14.6 Å². The predicted octanol–water partition coefficient (Wildman–Crippen LogP) is 4.08. The molecule has 1 fully saturated rings. The number of amides is 1. The van der Waals surface area contributed by atoms with Crippen LogP contribution in [0.15, 0.2) is 48.5 Å². The largest absolute Gasteiger partial charge is 0.465 e. The summed E-state index contributed by atoms with van der Waals surface area (Å²) in [5.74, 6) is 0.996. The summed E-state index contributed by atoms with van der Waals surface area (Å²) < 4.78 is 4.69. The normalized spacial score (nSPS) is 15.1. The van der Waals surface area contributed by atoms with Gasteiger partial charge in [-0.2, -0.15) is 0 Å². The number of aryl methyl sites for hydroxylation is 1. The standard InChI is InChI=1S/C24H25N3O3/c1-16-3-9-20-21(15-16)26-23(25-20)18-11-13-27(14-12-18)22(28)10-6-17-4-7-19(8-5-17)24(29)30-2/h3-10,15,18H,11-14H2,1-2H3,(H,25,26)/b10-6+. The molecule has 1 saturated heterocycles. The summed E-state index contributed by atoms with van der Waals surface area (Å²) in [6.07, 6.45) is 5.16. The molecule has 2 aromatic carbocycles. The molecule has 3 aromatic rings. The first-order chi connectivity index (χ1) is 14.5. The highest BCUT2D eigenvalue weighted by atomic mass is 16.5. The van der Waals surface area contributed by atoms with E-state index in [4.69, 9.17) is 9.72 Å². The Kier molecular flexibility index (Phi) is 5.65. The molecule has 0 spiro atoms. The van der Waals surface area contributed by atoms with Crippen LogP contribution >= 0.6 is 0 Å². The molecule has 1 amide bonds. The van der Waals surface area contributed by atoms with Crippen molar-refractivity contribution in [3.05, 3.63) is 71.1 Å². The van der Waals surface area contributed by atoms with E-state index in [2.05, 4.69) is 24.0 Å². The number of ether oxygens (including phenoxy) is 1. The molecule has 154 valence electrons. The Morgan fingerprint density at radius 1 is 1.13 bits per heavy atom. The first-order valence-electron chi connectivity index (χ1n) is 10.1. The van der Waals surface area contributed by atoms with Crippen molar-refractivity contribution in [3.63, 3.8) is 0 Å². The maximum Gasteiger partial charge on any atom is 0.337 e. The monoisotopic (exact) mass is 403 g/mol. The number of imidazole rings is 1. The van der Waals surface area contributed by atoms with Crippen molar-refractivity contribution in [1.29, 1.82) is 0 Å². The molecule has 1 aliphatic heterocycles. The number of hydrogen-bond donors (Lipinski definition) is 1. The fourth-order valence-electron chi connectivity index (χ4n) is 3.83. The van der Waals surface area contributed by atoms with Gasteiger partial charge in [-0.15, -0.1) is 0 Å². The molecular weight excluding hydrogens is 378 g/mol. The van der Waals surface area contributed by atoms with E-state index in [9.17, 15) is 9.59 Å². The van der Waals surface area contributed by atoms with E-state index in [1.165, 1.54) is 12.7 Å². The number of aromatic nitrogens is 2. The second kappa shape index (κ2) is 8.53. The number of H-pyrrole nitrogens is 1. The molecule has 1 aromatic heterocycles. The van der Waals surface area contributed by atoms with Crippen LogP contribution in [0.2, 0.25) is 0 Å². The highest BCUT2D eigenvalue weighted by Gasteiger charge is 2.24. The lowest BCUT2D eigenvalue weighted by Gasteiger charge is -2.30. The fraction of sp³-hybridized carbons (Fsp3) is 0.292. The number of rotatable bonds is 4. The van der Waals surface area contributed by atoms with Crippen molar-refractivity contribution in [2.24, 2.45) is 0 Å². The predicted molar refractivity (Wildman–Crippen MR) is 116 cm³/mol. The van der Waals surface area contributed by atoms with Crippen LogP contribution in [0.25, 0.3) is 17.1 Å². The van der Waals surface area contributed by atoms with Gasteiger partial charge in [0.25, 0.3) is 0 Å². The lowest BCUT2D eigenvalue weighted by Crippen LogP contribution is -2.37. The lowest BCUT2D eigenvalue weighted by atomic mass is 9.96. The number of nitrogens with zero attached hydrogens (tertiary/aromatic N) is 2. The number of esters is 1. The number of nitrogens with one attached hydrogen (secondary N) is 1. The fourth-order valence-corrected chi connectivity index (χ4v) is 3.83. The van der Waals surface area contributed by atoms with Crippen molar-refractivity contribution in [2.45, 2.75) is 25.7 Å². The van der Waals surface area contributed by atoms with Gasteiger partial charge in [-0.1, -0.05) is 18.2 Å². The molecule has 0 bridgehead atoms. The van der Waals surface area contributed by atoms with Crippen LogP contribution in [0.3, 0.4) is 0 Å². The van der Waals surface area contributed by atoms with Crippen LogP contribution in [0.5, 0.6) is 0 Å². The Balaban J connectivity index is 1.34. The number of carbonyl (C=O) groups excluding carboxylic acids is 2. The second-order valence-electron chi connectivity index (χ2n) is 7.69. The van der Waals surface area contributed by atoms with Crippen molar-refractivity contribution < 1.29 is 14.3 Å². The number of fused-ring (bicyclic) bond motifs is 1. The summed E-state index contributed by atoms with van der Waals surface area (Å²) in [4.78, 5) is 34.1. The number of aromatic amines is 1. The number of benzene rings is 2. The Labute approximate surface area is 175 Å². The number of carbonyl (C=O) groups is 2. The maximum absolute atomic E-state index is 12.6. The zero-order valence-electron chi connectivity index (χ0n) is 17.2. The molecule has 30 heavy (non-hydrogen) atoms. The van der Waals surface area contributed by atoms with Crippen molar-refractivity contribution in [1.82, 2.24) is 14.9 Å². The van der Waals surface area contributed by atoms with Gasteiger partial charge in [0, 0.05) is 25.1 Å². The molecule has 1 aliphatic rings. The molecule has 0 unspecified atom stereocenters. The maximum atomic E-state index is 12.6. The van der Waals surface area contributed by atoms with Gasteiger partial charge in [-0.25, -0.2) is 9.78 Å². The van der Waals surface area contributed by atoms with E-state index in [0.29, 0.717) is 24.6 Å². The van der Waals surface area contributed by atoms with Crippen LogP contribution < -0.4 is 0 Å². The molecule has 0 radical (unpaired) electrons. The first kappa shape index (κ1) is 19.9. The Morgan fingerprint density at radius 2 is 1.87 bits per heavy atom. The smallest absolute Gasteiger partial charge is 0.337 e. The molecule has 6 nitrogen and oxygen atoms in total. The molecule has 0 saturated carbocycles. The molecule has 0 atom stereocenters. The molecule has 4 rings (SSSR count). The summed E-state index contributed by atoms with van der Waals surface area (Å²) >= 11 is 0. The van der Waals surface area contributed by atoms with Gasteiger partial charge in [-0.3, -0.25) is 4.79 Å². The topological polar surface area (TPSA) is 75.3 Å². The van der Waals surface area contributed by atoms with Crippen molar-refractivity contribution in [3.8, 4) is 0 Å².